The van der Waals surface area contributed by atoms with Gasteiger partial charge in [0.1, 0.15) is 5.75 Å². The molecular weight excluding hydrogens is 164 g/mol. The van der Waals surface area contributed by atoms with Crippen LogP contribution in [0.5, 0.6) is 5.75 Å². The first-order chi connectivity index (χ1) is 6.22. The third-order valence-corrected chi connectivity index (χ3v) is 1.55. The predicted molar refractivity (Wildman–Crippen MR) is 54.3 cm³/mol. The normalized spacial score (nSPS) is 10.4. The van der Waals surface area contributed by atoms with E-state index < -0.39 is 0 Å². The van der Waals surface area contributed by atoms with Gasteiger partial charge in [-0.1, -0.05) is 0 Å². The Kier molecular flexibility index (Phi) is 3.31. The van der Waals surface area contributed by atoms with Crippen molar-refractivity contribution < 1.29 is 4.74 Å². The van der Waals surface area contributed by atoms with Crippen molar-refractivity contribution in [2.75, 3.05) is 21.2 Å². The Labute approximate surface area is 78.6 Å². The molecule has 0 aliphatic rings. The molecule has 0 radical (unpaired) electrons. The van der Waals surface area contributed by atoms with Crippen molar-refractivity contribution in [2.45, 2.75) is 0 Å². The molecule has 0 fully saturated rings. The molecule has 0 aliphatic carbocycles. The first kappa shape index (κ1) is 9.58. The van der Waals surface area contributed by atoms with E-state index in [9.17, 15) is 0 Å². The van der Waals surface area contributed by atoms with Crippen LogP contribution in [0.3, 0.4) is 0 Å². The molecule has 13 heavy (non-hydrogen) atoms. The number of ether oxygens (including phenoxy) is 1. The Morgan fingerprint density at radius 2 is 1.85 bits per heavy atom. The molecule has 0 unspecified atom stereocenters. The number of hydrogen-bond donors (Lipinski definition) is 0. The van der Waals surface area contributed by atoms with Crippen LogP contribution in [0.15, 0.2) is 29.4 Å². The Balaban J connectivity index is 2.69. The summed E-state index contributed by atoms with van der Waals surface area (Å²) < 4.78 is 5.04. The highest BCUT2D eigenvalue weighted by Gasteiger charge is 1.90. The smallest absolute Gasteiger partial charge is 0.118 e. The second kappa shape index (κ2) is 4.50. The fraction of sp³-hybridized carbons (Fsp3) is 0.300. The first-order valence-electron chi connectivity index (χ1n) is 4.08. The molecule has 0 aromatic heterocycles. The van der Waals surface area contributed by atoms with E-state index in [0.29, 0.717) is 0 Å². The van der Waals surface area contributed by atoms with E-state index in [1.165, 1.54) is 0 Å². The zero-order valence-corrected chi connectivity index (χ0v) is 8.19. The van der Waals surface area contributed by atoms with Gasteiger partial charge in [0.25, 0.3) is 0 Å². The minimum atomic E-state index is 0.863. The van der Waals surface area contributed by atoms with Gasteiger partial charge in [-0.05, 0) is 29.8 Å². The molecule has 0 saturated carbocycles. The molecule has 1 rings (SSSR count). The van der Waals surface area contributed by atoms with E-state index in [-0.39, 0.29) is 0 Å². The van der Waals surface area contributed by atoms with Crippen LogP contribution in [-0.2, 0) is 0 Å². The predicted octanol–water partition coefficient (Wildman–Crippen LogP) is 1.59. The third kappa shape index (κ3) is 3.15. The fourth-order valence-electron chi connectivity index (χ4n) is 0.872. The minimum Gasteiger partial charge on any atom is -0.497 e. The summed E-state index contributed by atoms with van der Waals surface area (Å²) in [6.07, 6.45) is 1.80. The number of hydrazone groups is 1. The summed E-state index contributed by atoms with van der Waals surface area (Å²) in [7, 11) is 5.43. The van der Waals surface area contributed by atoms with Crippen LogP contribution in [0, 0.1) is 0 Å². The number of rotatable bonds is 3. The van der Waals surface area contributed by atoms with Crippen molar-refractivity contribution in [1.82, 2.24) is 5.01 Å². The van der Waals surface area contributed by atoms with Gasteiger partial charge < -0.3 is 9.75 Å². The summed E-state index contributed by atoms with van der Waals surface area (Å²) in [4.78, 5) is 0. The van der Waals surface area contributed by atoms with Crippen molar-refractivity contribution in [2.24, 2.45) is 5.10 Å². The van der Waals surface area contributed by atoms with Crippen LogP contribution < -0.4 is 4.74 Å². The molecule has 0 atom stereocenters. The van der Waals surface area contributed by atoms with Gasteiger partial charge in [0.05, 0.1) is 13.3 Å². The maximum atomic E-state index is 5.04. The average Bonchev–Trinajstić information content (AvgIpc) is 2.15. The van der Waals surface area contributed by atoms with Crippen LogP contribution >= 0.6 is 0 Å². The Bertz CT molecular complexity index is 277. The number of nitrogens with zero attached hydrogens (tertiary/aromatic N) is 2. The third-order valence-electron chi connectivity index (χ3n) is 1.55. The second-order valence-corrected chi connectivity index (χ2v) is 2.86. The minimum absolute atomic E-state index is 0.863. The van der Waals surface area contributed by atoms with Crippen LogP contribution in [0.4, 0.5) is 0 Å². The van der Waals surface area contributed by atoms with Crippen LogP contribution in [0.1, 0.15) is 5.56 Å². The van der Waals surface area contributed by atoms with Gasteiger partial charge >= 0.3 is 0 Å². The lowest BCUT2D eigenvalue weighted by molar-refractivity contribution is 0.415. The van der Waals surface area contributed by atoms with Gasteiger partial charge in [-0.3, -0.25) is 0 Å². The molecule has 3 heteroatoms. The highest BCUT2D eigenvalue weighted by Crippen LogP contribution is 2.09. The summed E-state index contributed by atoms with van der Waals surface area (Å²) in [5.74, 6) is 0.863. The Morgan fingerprint density at radius 1 is 1.23 bits per heavy atom. The summed E-state index contributed by atoms with van der Waals surface area (Å²) in [6, 6.07) is 7.76. The van der Waals surface area contributed by atoms with E-state index in [4.69, 9.17) is 4.74 Å². The maximum absolute atomic E-state index is 5.04. The lowest BCUT2D eigenvalue weighted by Crippen LogP contribution is -2.01. The van der Waals surface area contributed by atoms with Crippen molar-refractivity contribution in [3.63, 3.8) is 0 Å². The molecule has 0 spiro atoms. The standard InChI is InChI=1S/C10H14N2O/c1-12(2)11-8-9-4-6-10(13-3)7-5-9/h4-8H,1-3H3. The molecule has 70 valence electrons. The van der Waals surface area contributed by atoms with Crippen LogP contribution in [-0.4, -0.2) is 32.4 Å². The molecule has 1 aromatic carbocycles. The Hall–Kier alpha value is -1.51. The number of hydrogen-bond acceptors (Lipinski definition) is 3. The van der Waals surface area contributed by atoms with Crippen molar-refractivity contribution in [1.29, 1.82) is 0 Å². The summed E-state index contributed by atoms with van der Waals surface area (Å²) in [5.41, 5.74) is 1.06. The van der Waals surface area contributed by atoms with Crippen LogP contribution in [0.25, 0.3) is 0 Å². The van der Waals surface area contributed by atoms with E-state index >= 15 is 0 Å². The van der Waals surface area contributed by atoms with E-state index in [1.54, 1.807) is 18.3 Å². The number of benzene rings is 1. The zero-order chi connectivity index (χ0) is 9.68. The average molecular weight is 178 g/mol. The molecule has 0 aliphatic heterocycles. The van der Waals surface area contributed by atoms with Gasteiger partial charge in [-0.25, -0.2) is 0 Å². The fourth-order valence-corrected chi connectivity index (χ4v) is 0.872. The van der Waals surface area contributed by atoms with Gasteiger partial charge in [-0.15, -0.1) is 0 Å². The number of methoxy groups -OCH3 is 1. The largest absolute Gasteiger partial charge is 0.497 e. The molecule has 0 amide bonds. The monoisotopic (exact) mass is 178 g/mol. The zero-order valence-electron chi connectivity index (χ0n) is 8.19. The van der Waals surface area contributed by atoms with Gasteiger partial charge in [0, 0.05) is 14.1 Å². The van der Waals surface area contributed by atoms with E-state index in [0.717, 1.165) is 11.3 Å². The molecule has 0 N–H and O–H groups in total. The molecule has 0 bridgehead atoms. The molecule has 1 aromatic rings. The molecular formula is C10H14N2O. The lowest BCUT2D eigenvalue weighted by Gasteiger charge is -2.02. The first-order valence-corrected chi connectivity index (χ1v) is 4.08. The van der Waals surface area contributed by atoms with Crippen molar-refractivity contribution >= 4 is 6.21 Å². The van der Waals surface area contributed by atoms with Gasteiger partial charge in [0.15, 0.2) is 0 Å². The highest BCUT2D eigenvalue weighted by molar-refractivity contribution is 5.79. The Morgan fingerprint density at radius 3 is 2.31 bits per heavy atom. The van der Waals surface area contributed by atoms with Gasteiger partial charge in [-0.2, -0.15) is 5.10 Å². The van der Waals surface area contributed by atoms with Gasteiger partial charge in [0.2, 0.25) is 0 Å². The summed E-state index contributed by atoms with van der Waals surface area (Å²) >= 11 is 0. The topological polar surface area (TPSA) is 24.8 Å². The quantitative estimate of drug-likeness (QED) is 0.518. The maximum Gasteiger partial charge on any atom is 0.118 e. The van der Waals surface area contributed by atoms with Crippen molar-refractivity contribution in [3.8, 4) is 5.75 Å². The lowest BCUT2D eigenvalue weighted by atomic mass is 10.2. The SMILES string of the molecule is COc1ccc(C=NN(C)C)cc1. The van der Waals surface area contributed by atoms with E-state index in [2.05, 4.69) is 5.10 Å². The summed E-state index contributed by atoms with van der Waals surface area (Å²) in [5, 5.41) is 5.87. The van der Waals surface area contributed by atoms with Crippen molar-refractivity contribution in [3.05, 3.63) is 29.8 Å². The molecule has 0 heterocycles. The van der Waals surface area contributed by atoms with Crippen LogP contribution in [0.2, 0.25) is 0 Å². The molecule has 0 saturated heterocycles. The highest BCUT2D eigenvalue weighted by atomic mass is 16.5. The van der Waals surface area contributed by atoms with E-state index in [1.807, 2.05) is 38.4 Å². The molecule has 3 nitrogen and oxygen atoms in total. The second-order valence-electron chi connectivity index (χ2n) is 2.86. The summed E-state index contributed by atoms with van der Waals surface area (Å²) in [6.45, 7) is 0.